The Morgan fingerprint density at radius 1 is 0.966 bits per heavy atom. The van der Waals surface area contributed by atoms with Crippen LogP contribution in [0.1, 0.15) is 36.7 Å². The zero-order valence-electron chi connectivity index (χ0n) is 16.8. The fraction of sp³-hybridized carbons (Fsp3) is 0.250. The number of benzene rings is 1. The minimum absolute atomic E-state index is 0.263. The van der Waals surface area contributed by atoms with Crippen LogP contribution in [0.25, 0.3) is 0 Å². The molecule has 152 valence electrons. The summed E-state index contributed by atoms with van der Waals surface area (Å²) in [5.74, 6) is 1.64. The van der Waals surface area contributed by atoms with Crippen molar-refractivity contribution in [2.75, 3.05) is 0 Å². The van der Waals surface area contributed by atoms with Crippen LogP contribution in [0.2, 0.25) is 0 Å². The van der Waals surface area contributed by atoms with Gasteiger partial charge >= 0.3 is 0 Å². The molecule has 1 N–H and O–H groups in total. The van der Waals surface area contributed by atoms with Crippen molar-refractivity contribution in [3.8, 4) is 0 Å². The summed E-state index contributed by atoms with van der Waals surface area (Å²) in [4.78, 5) is 2.12. The predicted octanol–water partition coefficient (Wildman–Crippen LogP) is 5.55. The maximum atomic E-state index is 13.2. The Kier molecular flexibility index (Phi) is 6.20. The highest BCUT2D eigenvalue weighted by Crippen LogP contribution is 2.36. The molecule has 2 heterocycles. The Morgan fingerprint density at radius 3 is 2.21 bits per heavy atom. The van der Waals surface area contributed by atoms with Gasteiger partial charge in [-0.1, -0.05) is 25.3 Å². The maximum Gasteiger partial charge on any atom is 0.163 e. The molecule has 0 aliphatic heterocycles. The molecule has 0 radical (unpaired) electrons. The molecule has 0 spiro atoms. The van der Waals surface area contributed by atoms with Crippen molar-refractivity contribution in [1.29, 1.82) is 0 Å². The van der Waals surface area contributed by atoms with Crippen molar-refractivity contribution < 1.29 is 18.3 Å². The molecule has 0 unspecified atom stereocenters. The van der Waals surface area contributed by atoms with Gasteiger partial charge in [0.05, 0.1) is 19.4 Å². The van der Waals surface area contributed by atoms with Crippen LogP contribution in [-0.2, 0) is 25.2 Å². The Bertz CT molecular complexity index is 956. The topological polar surface area (TPSA) is 49.8 Å². The summed E-state index contributed by atoms with van der Waals surface area (Å²) >= 11 is 0. The lowest BCUT2D eigenvalue weighted by Crippen LogP contribution is -2.27. The number of furan rings is 2. The lowest BCUT2D eigenvalue weighted by atomic mass is 9.87. The van der Waals surface area contributed by atoms with Crippen molar-refractivity contribution in [3.05, 3.63) is 108 Å². The third-order valence-electron chi connectivity index (χ3n) is 4.91. The molecular weight excluding hydrogens is 369 g/mol. The number of nitrogens with zero attached hydrogens (tertiary/aromatic N) is 1. The molecule has 0 saturated heterocycles. The predicted molar refractivity (Wildman–Crippen MR) is 110 cm³/mol. The van der Waals surface area contributed by atoms with Crippen LogP contribution >= 0.6 is 0 Å². The van der Waals surface area contributed by atoms with Gasteiger partial charge in [0.15, 0.2) is 5.60 Å². The summed E-state index contributed by atoms with van der Waals surface area (Å²) < 4.78 is 24.7. The van der Waals surface area contributed by atoms with Crippen molar-refractivity contribution in [3.63, 3.8) is 0 Å². The molecular formula is C24H26FNO3. The first-order valence-electron chi connectivity index (χ1n) is 9.41. The summed E-state index contributed by atoms with van der Waals surface area (Å²) in [5.41, 5.74) is 0.667. The maximum absolute atomic E-state index is 13.2. The molecule has 0 amide bonds. The zero-order chi connectivity index (χ0) is 21.0. The van der Waals surface area contributed by atoms with Gasteiger partial charge in [0, 0.05) is 6.54 Å². The standard InChI is InChI=1S/C24H26FNO3/c1-17(2)24(27,18(3)4)23-12-11-22(29-23)16-26(15-21-6-5-13-28-21)14-19-7-9-20(25)10-8-19/h5-13,27H,1,3,14-16H2,2,4H3. The van der Waals surface area contributed by atoms with Gasteiger partial charge in [-0.05, 0) is 67.0 Å². The molecule has 2 aromatic heterocycles. The minimum atomic E-state index is -1.40. The summed E-state index contributed by atoms with van der Waals surface area (Å²) in [6.07, 6.45) is 1.64. The number of aliphatic hydroxyl groups is 1. The van der Waals surface area contributed by atoms with Gasteiger partial charge in [0.2, 0.25) is 0 Å². The van der Waals surface area contributed by atoms with E-state index < -0.39 is 5.60 Å². The number of hydrogen-bond donors (Lipinski definition) is 1. The van der Waals surface area contributed by atoms with Crippen LogP contribution in [-0.4, -0.2) is 10.0 Å². The highest BCUT2D eigenvalue weighted by Gasteiger charge is 2.35. The zero-order valence-corrected chi connectivity index (χ0v) is 16.8. The Morgan fingerprint density at radius 2 is 1.62 bits per heavy atom. The van der Waals surface area contributed by atoms with E-state index >= 15 is 0 Å². The van der Waals surface area contributed by atoms with E-state index in [0.29, 0.717) is 42.3 Å². The largest absolute Gasteiger partial charge is 0.468 e. The molecule has 3 rings (SSSR count). The van der Waals surface area contributed by atoms with E-state index in [1.807, 2.05) is 18.2 Å². The highest BCUT2D eigenvalue weighted by atomic mass is 19.1. The van der Waals surface area contributed by atoms with Crippen molar-refractivity contribution in [2.24, 2.45) is 0 Å². The molecule has 29 heavy (non-hydrogen) atoms. The van der Waals surface area contributed by atoms with Gasteiger partial charge in [-0.15, -0.1) is 0 Å². The fourth-order valence-corrected chi connectivity index (χ4v) is 3.30. The first kappa shape index (κ1) is 20.8. The molecule has 1 aromatic carbocycles. The minimum Gasteiger partial charge on any atom is -0.468 e. The lowest BCUT2D eigenvalue weighted by molar-refractivity contribution is 0.0874. The second-order valence-electron chi connectivity index (χ2n) is 7.39. The van der Waals surface area contributed by atoms with Crippen molar-refractivity contribution >= 4 is 0 Å². The summed E-state index contributed by atoms with van der Waals surface area (Å²) in [7, 11) is 0. The molecule has 3 aromatic rings. The second kappa shape index (κ2) is 8.64. The first-order chi connectivity index (χ1) is 13.8. The van der Waals surface area contributed by atoms with E-state index in [9.17, 15) is 9.50 Å². The SMILES string of the molecule is C=C(C)C(O)(C(=C)C)c1ccc(CN(Cc2ccc(F)cc2)Cc2ccco2)o1. The van der Waals surface area contributed by atoms with Gasteiger partial charge in [-0.3, -0.25) is 4.90 Å². The summed E-state index contributed by atoms with van der Waals surface area (Å²) in [6.45, 7) is 12.9. The molecule has 0 aliphatic rings. The Balaban J connectivity index is 1.82. The molecule has 5 heteroatoms. The van der Waals surface area contributed by atoms with E-state index in [0.717, 1.165) is 11.3 Å². The number of halogens is 1. The normalized spacial score (nSPS) is 11.8. The molecule has 0 atom stereocenters. The quantitative estimate of drug-likeness (QED) is 0.482. The van der Waals surface area contributed by atoms with E-state index in [4.69, 9.17) is 8.83 Å². The van der Waals surface area contributed by atoms with Gasteiger partial charge in [-0.25, -0.2) is 4.39 Å². The highest BCUT2D eigenvalue weighted by molar-refractivity contribution is 5.35. The lowest BCUT2D eigenvalue weighted by Gasteiger charge is -2.27. The van der Waals surface area contributed by atoms with Gasteiger partial charge in [-0.2, -0.15) is 0 Å². The summed E-state index contributed by atoms with van der Waals surface area (Å²) in [5, 5.41) is 11.0. The Labute approximate surface area is 170 Å². The first-order valence-corrected chi connectivity index (χ1v) is 9.41. The molecule has 4 nitrogen and oxygen atoms in total. The monoisotopic (exact) mass is 395 g/mol. The molecule has 0 fully saturated rings. The van der Waals surface area contributed by atoms with Crippen LogP contribution in [0.4, 0.5) is 4.39 Å². The van der Waals surface area contributed by atoms with E-state index in [2.05, 4.69) is 18.1 Å². The molecule has 0 aliphatic carbocycles. The van der Waals surface area contributed by atoms with Crippen LogP contribution in [0.3, 0.4) is 0 Å². The number of rotatable bonds is 9. The molecule has 0 bridgehead atoms. The smallest absolute Gasteiger partial charge is 0.163 e. The third-order valence-corrected chi connectivity index (χ3v) is 4.91. The average Bonchev–Trinajstić information content (AvgIpc) is 3.35. The molecule has 0 saturated carbocycles. The Hall–Kier alpha value is -2.89. The second-order valence-corrected chi connectivity index (χ2v) is 7.39. The number of hydrogen-bond acceptors (Lipinski definition) is 4. The van der Waals surface area contributed by atoms with Gasteiger partial charge in [0.1, 0.15) is 23.1 Å². The fourth-order valence-electron chi connectivity index (χ4n) is 3.30. The van der Waals surface area contributed by atoms with E-state index in [1.165, 1.54) is 12.1 Å². The van der Waals surface area contributed by atoms with Gasteiger partial charge < -0.3 is 13.9 Å². The van der Waals surface area contributed by atoms with Crippen LogP contribution < -0.4 is 0 Å². The average molecular weight is 395 g/mol. The van der Waals surface area contributed by atoms with Crippen LogP contribution in [0.15, 0.2) is 87.9 Å². The van der Waals surface area contributed by atoms with Gasteiger partial charge in [0.25, 0.3) is 0 Å². The summed E-state index contributed by atoms with van der Waals surface area (Å²) in [6, 6.07) is 13.8. The van der Waals surface area contributed by atoms with Crippen molar-refractivity contribution in [2.45, 2.75) is 39.1 Å². The van der Waals surface area contributed by atoms with E-state index in [1.54, 1.807) is 38.3 Å². The van der Waals surface area contributed by atoms with Crippen molar-refractivity contribution in [1.82, 2.24) is 4.90 Å². The third kappa shape index (κ3) is 4.75. The van der Waals surface area contributed by atoms with E-state index in [-0.39, 0.29) is 5.82 Å². The van der Waals surface area contributed by atoms with Crippen LogP contribution in [0, 0.1) is 5.82 Å². The van der Waals surface area contributed by atoms with Crippen LogP contribution in [0.5, 0.6) is 0 Å².